The van der Waals surface area contributed by atoms with E-state index in [1.165, 1.54) is 6.92 Å². The van der Waals surface area contributed by atoms with Gasteiger partial charge in [-0.1, -0.05) is 23.4 Å². The summed E-state index contributed by atoms with van der Waals surface area (Å²) in [5.41, 5.74) is 10.9. The predicted octanol–water partition coefficient (Wildman–Crippen LogP) is -0.528. The number of aliphatic carboxylic acids is 1. The van der Waals surface area contributed by atoms with E-state index in [9.17, 15) is 19.5 Å². The molecule has 0 saturated heterocycles. The van der Waals surface area contributed by atoms with Gasteiger partial charge in [-0.2, -0.15) is 4.98 Å². The Kier molecular flexibility index (Phi) is 10.1. The first kappa shape index (κ1) is 23.8. The average Bonchev–Trinajstić information content (AvgIpc) is 3.14. The summed E-state index contributed by atoms with van der Waals surface area (Å²) in [7, 11) is 0. The molecule has 0 saturated carbocycles. The van der Waals surface area contributed by atoms with Gasteiger partial charge in [0.2, 0.25) is 11.8 Å². The lowest BCUT2D eigenvalue weighted by Gasteiger charge is -2.16. The van der Waals surface area contributed by atoms with Crippen LogP contribution in [0, 0.1) is 0 Å². The number of allylic oxidation sites excluding steroid dienone is 3. The summed E-state index contributed by atoms with van der Waals surface area (Å²) in [5.74, 6) is -1.23. The number of nitrogens with one attached hydrogen (secondary N) is 2. The molecule has 1 heterocycles. The zero-order chi connectivity index (χ0) is 21.8. The van der Waals surface area contributed by atoms with Gasteiger partial charge in [-0.25, -0.2) is 9.59 Å². The van der Waals surface area contributed by atoms with Crippen LogP contribution >= 0.6 is 0 Å². The lowest BCUT2D eigenvalue weighted by molar-refractivity contribution is -0.139. The quantitative estimate of drug-likeness (QED) is 0.325. The van der Waals surface area contributed by atoms with Crippen molar-refractivity contribution in [3.8, 4) is 0 Å². The molecule has 0 fully saturated rings. The number of aliphatic hydroxyl groups excluding tert-OH is 1. The highest BCUT2D eigenvalue weighted by atomic mass is 16.5. The lowest BCUT2D eigenvalue weighted by Crippen LogP contribution is -2.46. The van der Waals surface area contributed by atoms with Gasteiger partial charge >= 0.3 is 12.0 Å². The van der Waals surface area contributed by atoms with Crippen LogP contribution in [0.2, 0.25) is 0 Å². The second-order valence-corrected chi connectivity index (χ2v) is 6.13. The van der Waals surface area contributed by atoms with Crippen LogP contribution in [-0.2, 0) is 16.1 Å². The normalized spacial score (nSPS) is 14.7. The Bertz CT molecular complexity index is 755. The van der Waals surface area contributed by atoms with Gasteiger partial charge in [-0.05, 0) is 18.4 Å². The lowest BCUT2D eigenvalue weighted by atomic mass is 10.0. The second-order valence-electron chi connectivity index (χ2n) is 6.13. The number of aromatic nitrogens is 2. The third kappa shape index (κ3) is 9.48. The number of hydrogen-bond donors (Lipinski definition) is 6. The van der Waals surface area contributed by atoms with Gasteiger partial charge in [0.25, 0.3) is 0 Å². The first-order chi connectivity index (χ1) is 13.7. The maximum Gasteiger partial charge on any atom is 0.326 e. The number of nitrogens with two attached hydrogens (primary N) is 2. The number of rotatable bonds is 8. The highest BCUT2D eigenvalue weighted by Gasteiger charge is 2.21. The molecule has 29 heavy (non-hydrogen) atoms. The van der Waals surface area contributed by atoms with Gasteiger partial charge in [0.15, 0.2) is 5.82 Å². The van der Waals surface area contributed by atoms with Crippen molar-refractivity contribution >= 4 is 17.9 Å². The molecule has 12 nitrogen and oxygen atoms in total. The van der Waals surface area contributed by atoms with Crippen LogP contribution in [0.15, 0.2) is 28.3 Å². The fraction of sp³-hybridized carbons (Fsp3) is 0.471. The van der Waals surface area contributed by atoms with Crippen LogP contribution in [-0.4, -0.2) is 50.9 Å². The number of nitrogens with zero attached hydrogens (tertiary/aromatic N) is 2. The summed E-state index contributed by atoms with van der Waals surface area (Å²) in [6.07, 6.45) is 7.79. The van der Waals surface area contributed by atoms with Crippen LogP contribution in [0.5, 0.6) is 0 Å². The van der Waals surface area contributed by atoms with Crippen LogP contribution < -0.4 is 22.1 Å². The number of aliphatic hydroxyl groups is 1. The smallest absolute Gasteiger partial charge is 0.326 e. The first-order valence-corrected chi connectivity index (χ1v) is 8.80. The van der Waals surface area contributed by atoms with E-state index in [1.807, 2.05) is 18.2 Å². The first-order valence-electron chi connectivity index (χ1n) is 8.80. The SMILES string of the molecule is CC(N)=O.NC(CO)c1noc(CNC(=O)NC(CC2=CCCC=C2)C(=O)O)n1. The minimum Gasteiger partial charge on any atom is -0.480 e. The Morgan fingerprint density at radius 1 is 1.34 bits per heavy atom. The largest absolute Gasteiger partial charge is 0.480 e. The maximum atomic E-state index is 11.9. The van der Waals surface area contributed by atoms with Crippen molar-refractivity contribution in [1.82, 2.24) is 20.8 Å². The number of primary amides is 1. The molecule has 0 bridgehead atoms. The van der Waals surface area contributed by atoms with Crippen LogP contribution in [0.1, 0.15) is 43.9 Å². The standard InChI is InChI=1S/C15H21N5O5.C2H5NO/c16-10(8-21)13-19-12(25-20-13)7-17-15(24)18-11(14(22)23)6-9-4-2-1-3-5-9;1-2(3)4/h2,4-5,10-11,21H,1,3,6-8,16H2,(H,22,23)(H2,17,18,24);1H3,(H2,3,4). The van der Waals surface area contributed by atoms with E-state index in [-0.39, 0.29) is 37.2 Å². The van der Waals surface area contributed by atoms with Crippen molar-refractivity contribution in [2.45, 2.75) is 44.8 Å². The van der Waals surface area contributed by atoms with Crippen molar-refractivity contribution < 1.29 is 29.1 Å². The van der Waals surface area contributed by atoms with Crippen molar-refractivity contribution in [2.75, 3.05) is 6.61 Å². The molecule has 0 spiro atoms. The Labute approximate surface area is 167 Å². The van der Waals surface area contributed by atoms with Gasteiger partial charge in [0.05, 0.1) is 19.2 Å². The van der Waals surface area contributed by atoms with E-state index < -0.39 is 24.1 Å². The second kappa shape index (κ2) is 12.3. The molecule has 1 aromatic rings. The summed E-state index contributed by atoms with van der Waals surface area (Å²) in [4.78, 5) is 36.4. The Morgan fingerprint density at radius 2 is 2.03 bits per heavy atom. The molecule has 8 N–H and O–H groups in total. The Hall–Kier alpha value is -3.25. The molecule has 3 amide bonds. The van der Waals surface area contributed by atoms with E-state index in [1.54, 1.807) is 0 Å². The molecule has 0 aliphatic heterocycles. The van der Waals surface area contributed by atoms with Gasteiger partial charge in [0, 0.05) is 13.3 Å². The van der Waals surface area contributed by atoms with E-state index in [2.05, 4.69) is 26.5 Å². The zero-order valence-electron chi connectivity index (χ0n) is 16.0. The summed E-state index contributed by atoms with van der Waals surface area (Å²) in [6, 6.07) is -2.48. The third-order valence-electron chi connectivity index (χ3n) is 3.53. The van der Waals surface area contributed by atoms with Crippen molar-refractivity contribution in [3.05, 3.63) is 35.5 Å². The molecular weight excluding hydrogens is 384 g/mol. The number of carboxylic acids is 1. The van der Waals surface area contributed by atoms with Gasteiger partial charge < -0.3 is 36.8 Å². The van der Waals surface area contributed by atoms with E-state index in [0.717, 1.165) is 18.4 Å². The molecular formula is C17H26N6O6. The molecule has 1 aliphatic carbocycles. The molecule has 0 radical (unpaired) electrons. The number of amides is 3. The minimum atomic E-state index is -1.12. The van der Waals surface area contributed by atoms with Crippen molar-refractivity contribution in [1.29, 1.82) is 0 Å². The molecule has 2 rings (SSSR count). The molecule has 12 heteroatoms. The van der Waals surface area contributed by atoms with E-state index >= 15 is 0 Å². The molecule has 2 atom stereocenters. The third-order valence-corrected chi connectivity index (χ3v) is 3.53. The van der Waals surface area contributed by atoms with Crippen molar-refractivity contribution in [2.24, 2.45) is 11.5 Å². The van der Waals surface area contributed by atoms with Crippen LogP contribution in [0.3, 0.4) is 0 Å². The average molecular weight is 410 g/mol. The highest BCUT2D eigenvalue weighted by Crippen LogP contribution is 2.15. The summed E-state index contributed by atoms with van der Waals surface area (Å²) in [5, 5.41) is 26.6. The number of urea groups is 1. The van der Waals surface area contributed by atoms with Gasteiger partial charge in [-0.15, -0.1) is 0 Å². The molecule has 160 valence electrons. The van der Waals surface area contributed by atoms with E-state index in [0.29, 0.717) is 0 Å². The zero-order valence-corrected chi connectivity index (χ0v) is 16.0. The number of carbonyl (C=O) groups excluding carboxylic acids is 2. The van der Waals surface area contributed by atoms with Crippen LogP contribution in [0.25, 0.3) is 0 Å². The molecule has 1 aromatic heterocycles. The highest BCUT2D eigenvalue weighted by molar-refractivity contribution is 5.82. The Morgan fingerprint density at radius 3 is 2.59 bits per heavy atom. The van der Waals surface area contributed by atoms with E-state index in [4.69, 9.17) is 15.4 Å². The topological polar surface area (TPSA) is 207 Å². The van der Waals surface area contributed by atoms with Gasteiger partial charge in [-0.3, -0.25) is 4.79 Å². The fourth-order valence-corrected chi connectivity index (χ4v) is 2.19. The number of carboxylic acid groups (broad SMARTS) is 1. The maximum absolute atomic E-state index is 11.9. The minimum absolute atomic E-state index is 0.0913. The number of carbonyl (C=O) groups is 3. The number of hydrogen-bond acceptors (Lipinski definition) is 8. The van der Waals surface area contributed by atoms with Crippen molar-refractivity contribution in [3.63, 3.8) is 0 Å². The summed E-state index contributed by atoms with van der Waals surface area (Å²) in [6.45, 7) is 0.878. The molecule has 2 unspecified atom stereocenters. The van der Waals surface area contributed by atoms with Gasteiger partial charge in [0.1, 0.15) is 6.04 Å². The summed E-state index contributed by atoms with van der Waals surface area (Å²) < 4.78 is 4.88. The summed E-state index contributed by atoms with van der Waals surface area (Å²) >= 11 is 0. The van der Waals surface area contributed by atoms with Crippen LogP contribution in [0.4, 0.5) is 4.79 Å². The molecule has 0 aromatic carbocycles. The monoisotopic (exact) mass is 410 g/mol. The Balaban J connectivity index is 0.000000960. The predicted molar refractivity (Wildman–Crippen MR) is 101 cm³/mol. The fourth-order valence-electron chi connectivity index (χ4n) is 2.19. The molecule has 1 aliphatic rings.